The largest absolute Gasteiger partial charge is 0.434 e. The number of halogens is 4. The molecule has 3 N–H and O–H groups in total. The van der Waals surface area contributed by atoms with E-state index in [1.54, 1.807) is 7.11 Å². The van der Waals surface area contributed by atoms with Gasteiger partial charge in [-0.05, 0) is 24.6 Å². The van der Waals surface area contributed by atoms with Gasteiger partial charge in [0.2, 0.25) is 0 Å². The highest BCUT2D eigenvalue weighted by atomic mass is 127. The molecule has 1 aromatic carbocycles. The first kappa shape index (κ1) is 26.4. The van der Waals surface area contributed by atoms with Crippen LogP contribution in [0, 0.1) is 0 Å². The monoisotopic (exact) mass is 557 g/mol. The molecule has 0 aliphatic carbocycles. The van der Waals surface area contributed by atoms with Gasteiger partial charge in [-0.25, -0.2) is 9.98 Å². The first-order valence-corrected chi connectivity index (χ1v) is 10.2. The minimum Gasteiger partial charge on any atom is -0.383 e. The standard InChI is InChI=1S/C19H26F3N5OS.HI/c1-3-23-18(25-9-8-17-27-16(13-29-17)19(20,21)22)26-12-14-4-6-15(7-5-14)24-10-11-28-2;/h4-7,13,24H,3,8-12H2,1-2H3,(H2,23,25,26);1H. The third-order valence-corrected chi connectivity index (χ3v) is 4.74. The zero-order valence-electron chi connectivity index (χ0n) is 16.9. The quantitative estimate of drug-likeness (QED) is 0.178. The Morgan fingerprint density at radius 1 is 1.17 bits per heavy atom. The van der Waals surface area contributed by atoms with Gasteiger partial charge in [-0.3, -0.25) is 0 Å². The third kappa shape index (κ3) is 9.47. The van der Waals surface area contributed by atoms with Gasteiger partial charge in [0.05, 0.1) is 18.2 Å². The van der Waals surface area contributed by atoms with Gasteiger partial charge in [0.15, 0.2) is 11.7 Å². The molecule has 0 saturated heterocycles. The Labute approximate surface area is 195 Å². The average Bonchev–Trinajstić information content (AvgIpc) is 3.17. The lowest BCUT2D eigenvalue weighted by molar-refractivity contribution is -0.140. The van der Waals surface area contributed by atoms with Crippen LogP contribution in [0.3, 0.4) is 0 Å². The van der Waals surface area contributed by atoms with Crippen molar-refractivity contribution < 1.29 is 17.9 Å². The molecule has 0 spiro atoms. The summed E-state index contributed by atoms with van der Waals surface area (Å²) < 4.78 is 42.8. The number of ether oxygens (including phenoxy) is 1. The van der Waals surface area contributed by atoms with Crippen molar-refractivity contribution in [2.24, 2.45) is 4.99 Å². The molecule has 0 saturated carbocycles. The maximum absolute atomic E-state index is 12.6. The van der Waals surface area contributed by atoms with Gasteiger partial charge in [-0.15, -0.1) is 35.3 Å². The Hall–Kier alpha value is -1.60. The maximum Gasteiger partial charge on any atom is 0.434 e. The summed E-state index contributed by atoms with van der Waals surface area (Å²) in [4.78, 5) is 8.15. The fourth-order valence-corrected chi connectivity index (χ4v) is 3.19. The molecule has 2 aromatic rings. The molecule has 0 radical (unpaired) electrons. The predicted molar refractivity (Wildman–Crippen MR) is 126 cm³/mol. The third-order valence-electron chi connectivity index (χ3n) is 3.83. The second-order valence-electron chi connectivity index (χ2n) is 6.11. The number of hydrogen-bond acceptors (Lipinski definition) is 5. The normalized spacial score (nSPS) is 11.7. The fraction of sp³-hybridized carbons (Fsp3) is 0.474. The molecule has 30 heavy (non-hydrogen) atoms. The summed E-state index contributed by atoms with van der Waals surface area (Å²) in [6.07, 6.45) is -4.00. The molecule has 0 aliphatic heterocycles. The molecule has 168 valence electrons. The second-order valence-corrected chi connectivity index (χ2v) is 7.06. The van der Waals surface area contributed by atoms with Crippen molar-refractivity contribution in [1.29, 1.82) is 0 Å². The number of methoxy groups -OCH3 is 1. The van der Waals surface area contributed by atoms with E-state index in [4.69, 9.17) is 4.74 Å². The summed E-state index contributed by atoms with van der Waals surface area (Å²) in [5.41, 5.74) is 1.23. The van der Waals surface area contributed by atoms with Crippen LogP contribution >= 0.6 is 35.3 Å². The van der Waals surface area contributed by atoms with E-state index in [2.05, 4.69) is 25.9 Å². The number of guanidine groups is 1. The number of thiazole rings is 1. The molecular weight excluding hydrogens is 530 g/mol. The van der Waals surface area contributed by atoms with Crippen LogP contribution in [0.4, 0.5) is 18.9 Å². The molecule has 1 heterocycles. The van der Waals surface area contributed by atoms with Crippen LogP contribution in [-0.4, -0.2) is 44.3 Å². The molecule has 0 aliphatic rings. The molecule has 6 nitrogen and oxygen atoms in total. The zero-order valence-corrected chi connectivity index (χ0v) is 20.0. The van der Waals surface area contributed by atoms with Gasteiger partial charge in [-0.2, -0.15) is 13.2 Å². The van der Waals surface area contributed by atoms with E-state index in [-0.39, 0.29) is 24.0 Å². The Balaban J connectivity index is 0.00000450. The van der Waals surface area contributed by atoms with Crippen molar-refractivity contribution >= 4 is 47.0 Å². The van der Waals surface area contributed by atoms with Crippen molar-refractivity contribution in [2.45, 2.75) is 26.1 Å². The van der Waals surface area contributed by atoms with E-state index in [0.29, 0.717) is 43.6 Å². The summed E-state index contributed by atoms with van der Waals surface area (Å²) in [6, 6.07) is 7.97. The van der Waals surface area contributed by atoms with E-state index in [1.165, 1.54) is 0 Å². The SMILES string of the molecule is CCNC(=NCc1ccc(NCCOC)cc1)NCCc1nc(C(F)(F)F)cs1.I. The number of aliphatic imine (C=N–C) groups is 1. The molecule has 11 heteroatoms. The molecule has 2 rings (SSSR count). The van der Waals surface area contributed by atoms with E-state index in [0.717, 1.165) is 34.5 Å². The fourth-order valence-electron chi connectivity index (χ4n) is 2.38. The van der Waals surface area contributed by atoms with Gasteiger partial charge in [-0.1, -0.05) is 12.1 Å². The van der Waals surface area contributed by atoms with E-state index < -0.39 is 11.9 Å². The molecule has 1 aromatic heterocycles. The number of hydrogen-bond donors (Lipinski definition) is 3. The Morgan fingerprint density at radius 3 is 2.50 bits per heavy atom. The number of anilines is 1. The van der Waals surface area contributed by atoms with E-state index in [9.17, 15) is 13.2 Å². The number of aromatic nitrogens is 1. The first-order chi connectivity index (χ1) is 13.9. The van der Waals surface area contributed by atoms with Crippen LogP contribution in [0.25, 0.3) is 0 Å². The summed E-state index contributed by atoms with van der Waals surface area (Å²) in [5, 5.41) is 11.0. The van der Waals surface area contributed by atoms with Crippen molar-refractivity contribution in [3.63, 3.8) is 0 Å². The minimum absolute atomic E-state index is 0. The number of nitrogens with one attached hydrogen (secondary N) is 3. The van der Waals surface area contributed by atoms with Crippen molar-refractivity contribution in [3.05, 3.63) is 45.9 Å². The minimum atomic E-state index is -4.40. The highest BCUT2D eigenvalue weighted by molar-refractivity contribution is 14.0. The Kier molecular flexibility index (Phi) is 12.0. The second kappa shape index (κ2) is 13.7. The highest BCUT2D eigenvalue weighted by Crippen LogP contribution is 2.29. The van der Waals surface area contributed by atoms with Crippen molar-refractivity contribution in [3.8, 4) is 0 Å². The van der Waals surface area contributed by atoms with E-state index in [1.807, 2.05) is 31.2 Å². The highest BCUT2D eigenvalue weighted by Gasteiger charge is 2.33. The number of benzene rings is 1. The Morgan fingerprint density at radius 2 is 1.90 bits per heavy atom. The van der Waals surface area contributed by atoms with Crippen LogP contribution in [0.15, 0.2) is 34.6 Å². The summed E-state index contributed by atoms with van der Waals surface area (Å²) >= 11 is 1.01. The number of nitrogens with zero attached hydrogens (tertiary/aromatic N) is 2. The summed E-state index contributed by atoms with van der Waals surface area (Å²) in [6.45, 7) is 4.95. The summed E-state index contributed by atoms with van der Waals surface area (Å²) in [5.74, 6) is 0.613. The molecule has 0 bridgehead atoms. The van der Waals surface area contributed by atoms with Crippen LogP contribution in [0.2, 0.25) is 0 Å². The number of alkyl halides is 3. The van der Waals surface area contributed by atoms with Gasteiger partial charge < -0.3 is 20.7 Å². The topological polar surface area (TPSA) is 70.6 Å². The van der Waals surface area contributed by atoms with E-state index >= 15 is 0 Å². The zero-order chi connectivity index (χ0) is 21.1. The lowest BCUT2D eigenvalue weighted by Gasteiger charge is -2.11. The van der Waals surface area contributed by atoms with Gasteiger partial charge in [0.1, 0.15) is 0 Å². The predicted octanol–water partition coefficient (Wildman–Crippen LogP) is 4.14. The molecule has 0 unspecified atom stereocenters. The smallest absolute Gasteiger partial charge is 0.383 e. The molecule has 0 fully saturated rings. The first-order valence-electron chi connectivity index (χ1n) is 9.28. The van der Waals surface area contributed by atoms with Crippen LogP contribution in [0.5, 0.6) is 0 Å². The molecule has 0 atom stereocenters. The van der Waals surface area contributed by atoms with Crippen molar-refractivity contribution in [1.82, 2.24) is 15.6 Å². The summed E-state index contributed by atoms with van der Waals surface area (Å²) in [7, 11) is 1.66. The maximum atomic E-state index is 12.6. The van der Waals surface area contributed by atoms with Gasteiger partial charge >= 0.3 is 6.18 Å². The van der Waals surface area contributed by atoms with Gasteiger partial charge in [0, 0.05) is 44.2 Å². The Bertz CT molecular complexity index is 768. The van der Waals surface area contributed by atoms with Gasteiger partial charge in [0.25, 0.3) is 0 Å². The van der Waals surface area contributed by atoms with Crippen molar-refractivity contribution in [2.75, 3.05) is 38.7 Å². The van der Waals surface area contributed by atoms with Crippen LogP contribution < -0.4 is 16.0 Å². The van der Waals surface area contributed by atoms with Crippen LogP contribution in [-0.2, 0) is 23.9 Å². The lowest BCUT2D eigenvalue weighted by atomic mass is 10.2. The molecular formula is C19H27F3IN5OS. The number of rotatable bonds is 10. The lowest BCUT2D eigenvalue weighted by Crippen LogP contribution is -2.38. The average molecular weight is 557 g/mol. The molecule has 0 amide bonds. The van der Waals surface area contributed by atoms with Crippen LogP contribution in [0.1, 0.15) is 23.2 Å².